The van der Waals surface area contributed by atoms with E-state index in [9.17, 15) is 0 Å². The van der Waals surface area contributed by atoms with E-state index in [1.165, 1.54) is 33.4 Å². The van der Waals surface area contributed by atoms with Crippen molar-refractivity contribution in [3.8, 4) is 33.9 Å². The largest absolute Gasteiger partial charge is 0.327 e. The fraction of sp³-hybridized carbons (Fsp3) is 0.163. The monoisotopic (exact) mass is 608 g/mol. The molecule has 2 heterocycles. The maximum atomic E-state index is 4.90. The zero-order chi connectivity index (χ0) is 31.9. The summed E-state index contributed by atoms with van der Waals surface area (Å²) in [5, 5.41) is 0. The molecule has 7 aromatic rings. The highest BCUT2D eigenvalue weighted by Crippen LogP contribution is 2.55. The molecule has 47 heavy (non-hydrogen) atoms. The molecule has 2 aliphatic carbocycles. The van der Waals surface area contributed by atoms with E-state index in [1.54, 1.807) is 0 Å². The number of benzene rings is 5. The van der Waals surface area contributed by atoms with Gasteiger partial charge in [-0.3, -0.25) is 0 Å². The van der Waals surface area contributed by atoms with Crippen LogP contribution in [-0.4, -0.2) is 19.1 Å². The minimum atomic E-state index is 0.00599. The Morgan fingerprint density at radius 2 is 1.09 bits per heavy atom. The van der Waals surface area contributed by atoms with Gasteiger partial charge in [0.1, 0.15) is 11.6 Å². The molecule has 2 unspecified atom stereocenters. The Kier molecular flexibility index (Phi) is 6.07. The minimum absolute atomic E-state index is 0.00599. The van der Waals surface area contributed by atoms with E-state index in [0.29, 0.717) is 11.8 Å². The predicted molar refractivity (Wildman–Crippen MR) is 194 cm³/mol. The molecule has 0 fully saturated rings. The molecular formula is C43H36N4. The summed E-state index contributed by atoms with van der Waals surface area (Å²) < 4.78 is 4.35. The molecule has 228 valence electrons. The first-order valence-electron chi connectivity index (χ1n) is 16.5. The van der Waals surface area contributed by atoms with Gasteiger partial charge in [0.2, 0.25) is 0 Å². The van der Waals surface area contributed by atoms with Gasteiger partial charge in [0.15, 0.2) is 0 Å². The number of nitrogens with zero attached hydrogens (tertiary/aromatic N) is 4. The van der Waals surface area contributed by atoms with Crippen molar-refractivity contribution in [3.05, 3.63) is 150 Å². The molecule has 2 aliphatic rings. The van der Waals surface area contributed by atoms with Crippen molar-refractivity contribution < 1.29 is 0 Å². The molecule has 4 nitrogen and oxygen atoms in total. The van der Waals surface area contributed by atoms with Gasteiger partial charge in [-0.1, -0.05) is 123 Å². The minimum Gasteiger partial charge on any atom is -0.327 e. The van der Waals surface area contributed by atoms with Crippen molar-refractivity contribution in [1.82, 2.24) is 19.1 Å². The summed E-state index contributed by atoms with van der Waals surface area (Å²) in [5.41, 5.74) is 14.5. The highest BCUT2D eigenvalue weighted by molar-refractivity contribution is 5.83. The van der Waals surface area contributed by atoms with Gasteiger partial charge in [-0.05, 0) is 69.0 Å². The lowest BCUT2D eigenvalue weighted by Crippen LogP contribution is -2.25. The molecule has 0 amide bonds. The average Bonchev–Trinajstić information content (AvgIpc) is 3.71. The molecule has 5 aromatic carbocycles. The van der Waals surface area contributed by atoms with Crippen LogP contribution in [-0.2, 0) is 19.5 Å². The first-order chi connectivity index (χ1) is 22.9. The normalized spacial score (nSPS) is 18.0. The standard InChI is InChI=1S/C43H36N4/c1-43(2)35-25-31(27-13-17-29(18-14-27)41-44-37-9-5-7-11-39(37)46(41)3)21-23-33(35)34-24-22-32(26-36(34)43)28-15-19-30(20-16-28)42-45-38-10-6-8-12-40(38)47(42)4/h5-26,33,35H,1-4H3. The van der Waals surface area contributed by atoms with Crippen LogP contribution >= 0.6 is 0 Å². The van der Waals surface area contributed by atoms with Crippen LogP contribution in [0.15, 0.2) is 133 Å². The van der Waals surface area contributed by atoms with Crippen LogP contribution in [0.2, 0.25) is 0 Å². The van der Waals surface area contributed by atoms with Crippen molar-refractivity contribution >= 4 is 27.6 Å². The topological polar surface area (TPSA) is 35.6 Å². The quantitative estimate of drug-likeness (QED) is 0.199. The Balaban J connectivity index is 0.994. The third-order valence-corrected chi connectivity index (χ3v) is 10.7. The Labute approximate surface area is 275 Å². The number of aryl methyl sites for hydroxylation is 2. The second-order valence-electron chi connectivity index (χ2n) is 13.7. The number of para-hydroxylation sites is 4. The van der Waals surface area contributed by atoms with Crippen molar-refractivity contribution in [2.45, 2.75) is 25.2 Å². The van der Waals surface area contributed by atoms with E-state index >= 15 is 0 Å². The molecular weight excluding hydrogens is 573 g/mol. The average molecular weight is 609 g/mol. The van der Waals surface area contributed by atoms with Crippen molar-refractivity contribution in [2.75, 3.05) is 0 Å². The maximum absolute atomic E-state index is 4.90. The highest BCUT2D eigenvalue weighted by Gasteiger charge is 2.45. The molecule has 0 saturated carbocycles. The third kappa shape index (κ3) is 4.28. The van der Waals surface area contributed by atoms with Gasteiger partial charge in [-0.15, -0.1) is 0 Å². The summed E-state index contributed by atoms with van der Waals surface area (Å²) in [7, 11) is 4.18. The molecule has 9 rings (SSSR count). The molecule has 0 saturated heterocycles. The predicted octanol–water partition coefficient (Wildman–Crippen LogP) is 10.1. The van der Waals surface area contributed by atoms with Gasteiger partial charge >= 0.3 is 0 Å². The van der Waals surface area contributed by atoms with Crippen LogP contribution in [0.4, 0.5) is 0 Å². The number of hydrogen-bond donors (Lipinski definition) is 0. The van der Waals surface area contributed by atoms with Crippen molar-refractivity contribution in [1.29, 1.82) is 0 Å². The smallest absolute Gasteiger partial charge is 0.140 e. The van der Waals surface area contributed by atoms with E-state index in [-0.39, 0.29) is 5.41 Å². The fourth-order valence-corrected chi connectivity index (χ4v) is 8.02. The molecule has 2 atom stereocenters. The number of hydrogen-bond acceptors (Lipinski definition) is 2. The van der Waals surface area contributed by atoms with Gasteiger partial charge in [-0.25, -0.2) is 9.97 Å². The van der Waals surface area contributed by atoms with E-state index < -0.39 is 0 Å². The molecule has 4 heteroatoms. The van der Waals surface area contributed by atoms with Gasteiger partial charge < -0.3 is 9.13 Å². The maximum Gasteiger partial charge on any atom is 0.140 e. The lowest BCUT2D eigenvalue weighted by atomic mass is 9.72. The number of rotatable bonds is 4. The molecule has 0 spiro atoms. The number of aromatic nitrogens is 4. The summed E-state index contributed by atoms with van der Waals surface area (Å²) >= 11 is 0. The first kappa shape index (κ1) is 27.8. The van der Waals surface area contributed by atoms with Gasteiger partial charge in [0.05, 0.1) is 22.1 Å². The van der Waals surface area contributed by atoms with Crippen molar-refractivity contribution in [2.24, 2.45) is 20.0 Å². The Hall–Kier alpha value is -5.48. The van der Waals surface area contributed by atoms with E-state index in [0.717, 1.165) is 44.8 Å². The summed E-state index contributed by atoms with van der Waals surface area (Å²) in [4.78, 5) is 9.80. The third-order valence-electron chi connectivity index (χ3n) is 10.7. The molecule has 0 bridgehead atoms. The van der Waals surface area contributed by atoms with E-state index in [1.807, 2.05) is 12.1 Å². The SMILES string of the molecule is Cn1c(-c2ccc(C3=CC4C(C=C3)c3ccc(-c5ccc(-c6nc7ccccc7n6C)cc5)cc3C4(C)C)cc2)nc2ccccc21. The van der Waals surface area contributed by atoms with Crippen LogP contribution in [0.5, 0.6) is 0 Å². The van der Waals surface area contributed by atoms with Crippen LogP contribution in [0.25, 0.3) is 61.5 Å². The Morgan fingerprint density at radius 1 is 0.574 bits per heavy atom. The number of imidazole rings is 2. The zero-order valence-electron chi connectivity index (χ0n) is 27.1. The highest BCUT2D eigenvalue weighted by atomic mass is 15.1. The lowest BCUT2D eigenvalue weighted by molar-refractivity contribution is 0.395. The summed E-state index contributed by atoms with van der Waals surface area (Å²) in [6.45, 7) is 4.83. The Morgan fingerprint density at radius 3 is 1.66 bits per heavy atom. The van der Waals surface area contributed by atoms with Crippen LogP contribution in [0.3, 0.4) is 0 Å². The second-order valence-corrected chi connectivity index (χ2v) is 13.7. The molecule has 2 aromatic heterocycles. The molecule has 0 radical (unpaired) electrons. The van der Waals surface area contributed by atoms with Crippen LogP contribution in [0, 0.1) is 5.92 Å². The van der Waals surface area contributed by atoms with Gasteiger partial charge in [-0.2, -0.15) is 0 Å². The molecule has 0 aliphatic heterocycles. The van der Waals surface area contributed by atoms with Crippen LogP contribution in [0.1, 0.15) is 36.5 Å². The fourth-order valence-electron chi connectivity index (χ4n) is 8.02. The van der Waals surface area contributed by atoms with Gasteiger partial charge in [0, 0.05) is 31.1 Å². The summed E-state index contributed by atoms with van der Waals surface area (Å²) in [6, 6.07) is 41.5. The van der Waals surface area contributed by atoms with Crippen molar-refractivity contribution in [3.63, 3.8) is 0 Å². The molecule has 0 N–H and O–H groups in total. The van der Waals surface area contributed by atoms with E-state index in [2.05, 4.69) is 158 Å². The van der Waals surface area contributed by atoms with Gasteiger partial charge in [0.25, 0.3) is 0 Å². The number of fused-ring (bicyclic) bond motifs is 5. The lowest BCUT2D eigenvalue weighted by Gasteiger charge is -2.31. The first-order valence-corrected chi connectivity index (χ1v) is 16.5. The Bertz CT molecular complexity index is 2400. The summed E-state index contributed by atoms with van der Waals surface area (Å²) in [6.07, 6.45) is 7.27. The number of allylic oxidation sites excluding steroid dienone is 4. The zero-order valence-corrected chi connectivity index (χ0v) is 27.1. The second kappa shape index (κ2) is 10.3. The van der Waals surface area contributed by atoms with E-state index in [4.69, 9.17) is 9.97 Å². The summed E-state index contributed by atoms with van der Waals surface area (Å²) in [5.74, 6) is 2.77. The van der Waals surface area contributed by atoms with Crippen LogP contribution < -0.4 is 0 Å².